The first kappa shape index (κ1) is 14.4. The molecule has 0 amide bonds. The first-order chi connectivity index (χ1) is 9.67. The van der Waals surface area contributed by atoms with E-state index in [0.29, 0.717) is 5.89 Å². The van der Waals surface area contributed by atoms with Crippen LogP contribution in [0.5, 0.6) is 5.75 Å². The molecule has 0 spiro atoms. The fourth-order valence-corrected chi connectivity index (χ4v) is 1.95. The summed E-state index contributed by atoms with van der Waals surface area (Å²) in [6.45, 7) is 2.25. The lowest BCUT2D eigenvalue weighted by Gasteiger charge is -2.03. The van der Waals surface area contributed by atoms with Crippen molar-refractivity contribution in [3.63, 3.8) is 0 Å². The molecule has 20 heavy (non-hydrogen) atoms. The molecule has 7 heteroatoms. The molecule has 1 aromatic carbocycles. The van der Waals surface area contributed by atoms with Crippen LogP contribution < -0.4 is 4.74 Å². The van der Waals surface area contributed by atoms with Gasteiger partial charge in [-0.3, -0.25) is 4.79 Å². The van der Waals surface area contributed by atoms with Crippen LogP contribution >= 0.6 is 11.8 Å². The van der Waals surface area contributed by atoms with Crippen LogP contribution in [0.25, 0.3) is 0 Å². The van der Waals surface area contributed by atoms with Crippen molar-refractivity contribution in [1.82, 2.24) is 10.2 Å². The third-order valence-electron chi connectivity index (χ3n) is 2.46. The summed E-state index contributed by atoms with van der Waals surface area (Å²) in [7, 11) is 0. The molecule has 6 nitrogen and oxygen atoms in total. The van der Waals surface area contributed by atoms with Crippen LogP contribution in [0.15, 0.2) is 33.9 Å². The number of hydrogen-bond donors (Lipinski definition) is 1. The van der Waals surface area contributed by atoms with Gasteiger partial charge in [-0.25, -0.2) is 0 Å². The largest absolute Gasteiger partial charge is 0.484 e. The summed E-state index contributed by atoms with van der Waals surface area (Å²) in [5, 5.41) is 16.3. The number of thioether (sulfide) groups is 1. The Labute approximate surface area is 120 Å². The molecule has 0 saturated heterocycles. The molecule has 2 rings (SSSR count). The lowest BCUT2D eigenvalue weighted by atomic mass is 10.2. The van der Waals surface area contributed by atoms with Gasteiger partial charge in [-0.05, 0) is 24.1 Å². The quantitative estimate of drug-likeness (QED) is 0.785. The summed E-state index contributed by atoms with van der Waals surface area (Å²) in [5.41, 5.74) is 1.24. The van der Waals surface area contributed by atoms with Crippen molar-refractivity contribution in [2.24, 2.45) is 0 Å². The number of benzene rings is 1. The second-order valence-corrected chi connectivity index (χ2v) is 4.86. The topological polar surface area (TPSA) is 85.5 Å². The van der Waals surface area contributed by atoms with Crippen molar-refractivity contribution < 1.29 is 19.1 Å². The van der Waals surface area contributed by atoms with E-state index in [9.17, 15) is 4.79 Å². The highest BCUT2D eigenvalue weighted by Gasteiger charge is 2.09. The Balaban J connectivity index is 1.85. The van der Waals surface area contributed by atoms with Gasteiger partial charge >= 0.3 is 5.97 Å². The molecular formula is C13H14N2O4S. The molecule has 1 N–H and O–H groups in total. The smallest absolute Gasteiger partial charge is 0.314 e. The Hall–Kier alpha value is -2.02. The van der Waals surface area contributed by atoms with E-state index in [1.54, 1.807) is 0 Å². The molecule has 1 heterocycles. The first-order valence-electron chi connectivity index (χ1n) is 6.06. The monoisotopic (exact) mass is 294 g/mol. The molecule has 0 bridgehead atoms. The number of hydrogen-bond acceptors (Lipinski definition) is 6. The predicted molar refractivity (Wildman–Crippen MR) is 72.8 cm³/mol. The van der Waals surface area contributed by atoms with E-state index < -0.39 is 5.97 Å². The number of rotatable bonds is 7. The highest BCUT2D eigenvalue weighted by atomic mass is 32.2. The highest BCUT2D eigenvalue weighted by molar-refractivity contribution is 7.99. The molecule has 0 atom stereocenters. The third-order valence-corrected chi connectivity index (χ3v) is 3.26. The number of carboxylic acid groups (broad SMARTS) is 1. The summed E-state index contributed by atoms with van der Waals surface area (Å²) in [4.78, 5) is 10.4. The van der Waals surface area contributed by atoms with Crippen molar-refractivity contribution in [3.8, 4) is 5.75 Å². The number of carboxylic acids is 1. The van der Waals surface area contributed by atoms with Crippen LogP contribution in [-0.4, -0.2) is 27.0 Å². The molecule has 0 aliphatic carbocycles. The van der Waals surface area contributed by atoms with Gasteiger partial charge in [0.05, 0.1) is 0 Å². The molecule has 1 aromatic heterocycles. The van der Waals surface area contributed by atoms with Crippen LogP contribution in [0.3, 0.4) is 0 Å². The normalized spacial score (nSPS) is 10.4. The van der Waals surface area contributed by atoms with Gasteiger partial charge in [-0.1, -0.05) is 30.8 Å². The van der Waals surface area contributed by atoms with E-state index in [2.05, 4.69) is 17.1 Å². The second kappa shape index (κ2) is 6.95. The maximum atomic E-state index is 10.4. The highest BCUT2D eigenvalue weighted by Crippen LogP contribution is 2.18. The van der Waals surface area contributed by atoms with Gasteiger partial charge < -0.3 is 14.3 Å². The van der Waals surface area contributed by atoms with Crippen LogP contribution in [-0.2, 0) is 17.8 Å². The summed E-state index contributed by atoms with van der Waals surface area (Å²) < 4.78 is 10.8. The van der Waals surface area contributed by atoms with Crippen LogP contribution in [0, 0.1) is 0 Å². The summed E-state index contributed by atoms with van der Waals surface area (Å²) in [6, 6.07) is 7.76. The SMILES string of the molecule is CCc1ccc(OCc2nnc(SCC(=O)O)o2)cc1. The van der Waals surface area contributed by atoms with Gasteiger partial charge in [0.2, 0.25) is 0 Å². The summed E-state index contributed by atoms with van der Waals surface area (Å²) in [6.07, 6.45) is 0.980. The number of ether oxygens (including phenoxy) is 1. The minimum atomic E-state index is -0.929. The van der Waals surface area contributed by atoms with Gasteiger partial charge in [0, 0.05) is 0 Å². The molecule has 0 aliphatic rings. The van der Waals surface area contributed by atoms with Gasteiger partial charge in [-0.2, -0.15) is 0 Å². The molecule has 0 radical (unpaired) electrons. The number of aliphatic carboxylic acids is 1. The molecule has 106 valence electrons. The first-order valence-corrected chi connectivity index (χ1v) is 7.04. The number of nitrogens with zero attached hydrogens (tertiary/aromatic N) is 2. The zero-order valence-corrected chi connectivity index (χ0v) is 11.7. The van der Waals surface area contributed by atoms with E-state index in [-0.39, 0.29) is 17.6 Å². The lowest BCUT2D eigenvalue weighted by molar-refractivity contribution is -0.133. The van der Waals surface area contributed by atoms with Crippen molar-refractivity contribution in [3.05, 3.63) is 35.7 Å². The Morgan fingerprint density at radius 2 is 2.10 bits per heavy atom. The second-order valence-electron chi connectivity index (χ2n) is 3.93. The maximum absolute atomic E-state index is 10.4. The van der Waals surface area contributed by atoms with Gasteiger partial charge in [0.1, 0.15) is 11.5 Å². The van der Waals surface area contributed by atoms with Crippen molar-refractivity contribution in [1.29, 1.82) is 0 Å². The van der Waals surface area contributed by atoms with Crippen LogP contribution in [0.2, 0.25) is 0 Å². The zero-order valence-electron chi connectivity index (χ0n) is 10.9. The molecule has 0 unspecified atom stereocenters. The fourth-order valence-electron chi connectivity index (χ4n) is 1.44. The summed E-state index contributed by atoms with van der Waals surface area (Å²) in [5.74, 6) is 0.000601. The van der Waals surface area contributed by atoms with Crippen molar-refractivity contribution in [2.45, 2.75) is 25.2 Å². The molecule has 0 saturated carbocycles. The number of aryl methyl sites for hydroxylation is 1. The van der Waals surface area contributed by atoms with Crippen molar-refractivity contribution in [2.75, 3.05) is 5.75 Å². The standard InChI is InChI=1S/C13H14N2O4S/c1-2-9-3-5-10(6-4-9)18-7-11-14-15-13(19-11)20-8-12(16)17/h3-6H,2,7-8H2,1H3,(H,16,17). The lowest BCUT2D eigenvalue weighted by Crippen LogP contribution is -1.97. The Bertz CT molecular complexity index is 568. The van der Waals surface area contributed by atoms with E-state index in [1.165, 1.54) is 5.56 Å². The minimum absolute atomic E-state index is 0.110. The average molecular weight is 294 g/mol. The van der Waals surface area contributed by atoms with Gasteiger partial charge in [-0.15, -0.1) is 10.2 Å². The van der Waals surface area contributed by atoms with Crippen LogP contribution in [0.1, 0.15) is 18.4 Å². The molecule has 2 aromatic rings. The Morgan fingerprint density at radius 3 is 2.75 bits per heavy atom. The average Bonchev–Trinajstić information content (AvgIpc) is 2.91. The molecular weight excluding hydrogens is 280 g/mol. The molecule has 0 aliphatic heterocycles. The third kappa shape index (κ3) is 4.27. The van der Waals surface area contributed by atoms with Crippen LogP contribution in [0.4, 0.5) is 0 Å². The van der Waals surface area contributed by atoms with Gasteiger partial charge in [0.15, 0.2) is 6.61 Å². The maximum Gasteiger partial charge on any atom is 0.314 e. The van der Waals surface area contributed by atoms with E-state index in [1.807, 2.05) is 24.3 Å². The number of aromatic nitrogens is 2. The van der Waals surface area contributed by atoms with E-state index in [0.717, 1.165) is 23.9 Å². The Morgan fingerprint density at radius 1 is 1.35 bits per heavy atom. The van der Waals surface area contributed by atoms with Crippen molar-refractivity contribution >= 4 is 17.7 Å². The summed E-state index contributed by atoms with van der Waals surface area (Å²) >= 11 is 0.981. The molecule has 0 fully saturated rings. The zero-order chi connectivity index (χ0) is 14.4. The van der Waals surface area contributed by atoms with Gasteiger partial charge in [0.25, 0.3) is 11.1 Å². The van der Waals surface area contributed by atoms with E-state index >= 15 is 0 Å². The Kier molecular flexibility index (Phi) is 5.00. The van der Waals surface area contributed by atoms with E-state index in [4.69, 9.17) is 14.3 Å². The fraction of sp³-hybridized carbons (Fsp3) is 0.308. The predicted octanol–water partition coefficient (Wildman–Crippen LogP) is 2.39. The number of carbonyl (C=O) groups is 1. The minimum Gasteiger partial charge on any atom is -0.484 e.